The van der Waals surface area contributed by atoms with Gasteiger partial charge in [0.2, 0.25) is 5.91 Å². The predicted molar refractivity (Wildman–Crippen MR) is 114 cm³/mol. The fourth-order valence-corrected chi connectivity index (χ4v) is 3.96. The van der Waals surface area contributed by atoms with Crippen molar-refractivity contribution in [2.75, 3.05) is 5.32 Å². The Morgan fingerprint density at radius 2 is 1.76 bits per heavy atom. The van der Waals surface area contributed by atoms with Gasteiger partial charge in [-0.3, -0.25) is 9.59 Å². The number of hydrogen-bond donors (Lipinski definition) is 1. The third-order valence-electron chi connectivity index (χ3n) is 5.56. The molecule has 1 aromatic heterocycles. The molecule has 0 bridgehead atoms. The molecule has 0 aliphatic heterocycles. The molecule has 0 fully saturated rings. The normalized spacial score (nSPS) is 12.6. The van der Waals surface area contributed by atoms with Crippen molar-refractivity contribution >= 4 is 17.4 Å². The van der Waals surface area contributed by atoms with Crippen LogP contribution in [0.1, 0.15) is 52.1 Å². The fraction of sp³-hybridized carbons (Fsp3) is 0.292. The van der Waals surface area contributed by atoms with Gasteiger partial charge in [0.15, 0.2) is 5.78 Å². The molecule has 0 spiro atoms. The summed E-state index contributed by atoms with van der Waals surface area (Å²) in [5.74, 6) is -0.151. The Bertz CT molecular complexity index is 1070. The van der Waals surface area contributed by atoms with Crippen LogP contribution in [0.2, 0.25) is 0 Å². The Labute approximate surface area is 170 Å². The van der Waals surface area contributed by atoms with Crippen molar-refractivity contribution in [3.8, 4) is 5.69 Å². The van der Waals surface area contributed by atoms with Crippen LogP contribution in [0.5, 0.6) is 0 Å². The fourth-order valence-electron chi connectivity index (χ4n) is 3.96. The molecule has 1 heterocycles. The van der Waals surface area contributed by atoms with Crippen LogP contribution in [0.15, 0.2) is 48.5 Å². The second kappa shape index (κ2) is 8.03. The lowest BCUT2D eigenvalue weighted by molar-refractivity contribution is -0.116. The molecule has 0 atom stereocenters. The molecule has 4 rings (SSSR count). The first-order valence-corrected chi connectivity index (χ1v) is 10.1. The number of nitrogens with one attached hydrogen (secondary N) is 1. The van der Waals surface area contributed by atoms with Gasteiger partial charge in [0.25, 0.3) is 0 Å². The second-order valence-corrected chi connectivity index (χ2v) is 7.60. The standard InChI is InChI=1S/C24H25N3O2/c1-16-24(17(2)27(26-16)21-9-4-3-5-10-21)25-23(29)14-13-22(28)20-12-11-18-7-6-8-19(18)15-20/h3-5,9-12,15H,6-8,13-14H2,1-2H3,(H,25,29). The van der Waals surface area contributed by atoms with E-state index in [0.717, 1.165) is 36.3 Å². The highest BCUT2D eigenvalue weighted by Gasteiger charge is 2.17. The van der Waals surface area contributed by atoms with Crippen molar-refractivity contribution in [1.29, 1.82) is 0 Å². The molecule has 1 aliphatic carbocycles. The van der Waals surface area contributed by atoms with Crippen molar-refractivity contribution in [1.82, 2.24) is 9.78 Å². The molecule has 0 unspecified atom stereocenters. The van der Waals surface area contributed by atoms with E-state index in [1.54, 1.807) is 0 Å². The van der Waals surface area contributed by atoms with E-state index in [4.69, 9.17) is 0 Å². The summed E-state index contributed by atoms with van der Waals surface area (Å²) in [6.07, 6.45) is 3.66. The van der Waals surface area contributed by atoms with E-state index in [-0.39, 0.29) is 24.5 Å². The Balaban J connectivity index is 1.40. The van der Waals surface area contributed by atoms with Crippen molar-refractivity contribution in [2.45, 2.75) is 46.0 Å². The number of anilines is 1. The molecule has 29 heavy (non-hydrogen) atoms. The highest BCUT2D eigenvalue weighted by atomic mass is 16.2. The SMILES string of the molecule is Cc1nn(-c2ccccc2)c(C)c1NC(=O)CCC(=O)c1ccc2c(c1)CCC2. The average molecular weight is 387 g/mol. The summed E-state index contributed by atoms with van der Waals surface area (Å²) in [6.45, 7) is 3.80. The number of carbonyl (C=O) groups excluding carboxylic acids is 2. The first-order valence-electron chi connectivity index (χ1n) is 10.1. The maximum atomic E-state index is 12.5. The number of nitrogens with zero attached hydrogens (tertiary/aromatic N) is 2. The van der Waals surface area contributed by atoms with Gasteiger partial charge in [0.1, 0.15) is 0 Å². The first kappa shape index (κ1) is 19.1. The number of aryl methyl sites for hydroxylation is 3. The summed E-state index contributed by atoms with van der Waals surface area (Å²) in [6, 6.07) is 15.8. The number of rotatable bonds is 6. The van der Waals surface area contributed by atoms with Crippen molar-refractivity contribution < 1.29 is 9.59 Å². The largest absolute Gasteiger partial charge is 0.323 e. The maximum Gasteiger partial charge on any atom is 0.224 e. The molecule has 1 aliphatic rings. The maximum absolute atomic E-state index is 12.5. The molecule has 148 valence electrons. The van der Waals surface area contributed by atoms with Gasteiger partial charge in [-0.15, -0.1) is 0 Å². The van der Waals surface area contributed by atoms with Gasteiger partial charge < -0.3 is 5.32 Å². The van der Waals surface area contributed by atoms with Crippen molar-refractivity contribution in [2.24, 2.45) is 0 Å². The molecule has 1 N–H and O–H groups in total. The minimum atomic E-state index is -0.168. The van der Waals surface area contributed by atoms with E-state index in [2.05, 4.69) is 16.5 Å². The summed E-state index contributed by atoms with van der Waals surface area (Å²) < 4.78 is 1.82. The number of ketones is 1. The summed E-state index contributed by atoms with van der Waals surface area (Å²) in [5.41, 5.74) is 6.61. The second-order valence-electron chi connectivity index (χ2n) is 7.60. The predicted octanol–water partition coefficient (Wildman–Crippen LogP) is 4.58. The van der Waals surface area contributed by atoms with Crippen molar-refractivity contribution in [3.63, 3.8) is 0 Å². The number of hydrogen-bond acceptors (Lipinski definition) is 3. The molecule has 5 nitrogen and oxygen atoms in total. The molecule has 5 heteroatoms. The summed E-state index contributed by atoms with van der Waals surface area (Å²) >= 11 is 0. The molecule has 0 saturated heterocycles. The monoisotopic (exact) mass is 387 g/mol. The van der Waals surface area contributed by atoms with Gasteiger partial charge in [-0.2, -0.15) is 5.10 Å². The smallest absolute Gasteiger partial charge is 0.224 e. The minimum Gasteiger partial charge on any atom is -0.323 e. The summed E-state index contributed by atoms with van der Waals surface area (Å²) in [7, 11) is 0. The molecular formula is C24H25N3O2. The average Bonchev–Trinajstić information content (AvgIpc) is 3.32. The van der Waals surface area contributed by atoms with Crippen LogP contribution in [-0.2, 0) is 17.6 Å². The van der Waals surface area contributed by atoms with E-state index < -0.39 is 0 Å². The van der Waals surface area contributed by atoms with E-state index in [0.29, 0.717) is 11.3 Å². The Morgan fingerprint density at radius 3 is 2.55 bits per heavy atom. The van der Waals surface area contributed by atoms with Gasteiger partial charge in [-0.1, -0.05) is 30.3 Å². The van der Waals surface area contributed by atoms with E-state index in [1.807, 2.05) is 61.0 Å². The molecule has 1 amide bonds. The van der Waals surface area contributed by atoms with E-state index in [9.17, 15) is 9.59 Å². The lowest BCUT2D eigenvalue weighted by atomic mass is 10.0. The number of aromatic nitrogens is 2. The number of fused-ring (bicyclic) bond motifs is 1. The highest BCUT2D eigenvalue weighted by Crippen LogP contribution is 2.25. The molecule has 3 aromatic rings. The zero-order valence-corrected chi connectivity index (χ0v) is 16.9. The highest BCUT2D eigenvalue weighted by molar-refractivity contribution is 6.00. The summed E-state index contributed by atoms with van der Waals surface area (Å²) in [5, 5.41) is 7.49. The van der Waals surface area contributed by atoms with Gasteiger partial charge in [0, 0.05) is 18.4 Å². The van der Waals surface area contributed by atoms with Gasteiger partial charge in [0.05, 0.1) is 22.8 Å². The van der Waals surface area contributed by atoms with Crippen LogP contribution in [0.3, 0.4) is 0 Å². The van der Waals surface area contributed by atoms with Crippen LogP contribution >= 0.6 is 0 Å². The zero-order chi connectivity index (χ0) is 20.4. The number of amides is 1. The number of carbonyl (C=O) groups is 2. The third kappa shape index (κ3) is 3.99. The molecular weight excluding hydrogens is 362 g/mol. The molecule has 0 saturated carbocycles. The number of Topliss-reactive ketones (excluding diaryl/α,β-unsaturated/α-hetero) is 1. The number of para-hydroxylation sites is 1. The van der Waals surface area contributed by atoms with Gasteiger partial charge in [-0.25, -0.2) is 4.68 Å². The molecule has 2 aromatic carbocycles. The number of benzene rings is 2. The Hall–Kier alpha value is -3.21. The van der Waals surface area contributed by atoms with E-state index >= 15 is 0 Å². The van der Waals surface area contributed by atoms with Crippen molar-refractivity contribution in [3.05, 3.63) is 76.6 Å². The quantitative estimate of drug-likeness (QED) is 0.630. The lowest BCUT2D eigenvalue weighted by Crippen LogP contribution is -2.14. The third-order valence-corrected chi connectivity index (χ3v) is 5.56. The Morgan fingerprint density at radius 1 is 1.00 bits per heavy atom. The van der Waals surface area contributed by atoms with Gasteiger partial charge >= 0.3 is 0 Å². The molecule has 0 radical (unpaired) electrons. The minimum absolute atomic E-state index is 0.0169. The van der Waals surface area contributed by atoms with Crippen LogP contribution in [0.4, 0.5) is 5.69 Å². The lowest BCUT2D eigenvalue weighted by Gasteiger charge is -2.08. The topological polar surface area (TPSA) is 64.0 Å². The van der Waals surface area contributed by atoms with Crippen LogP contribution in [0, 0.1) is 13.8 Å². The summed E-state index contributed by atoms with van der Waals surface area (Å²) in [4.78, 5) is 25.0. The van der Waals surface area contributed by atoms with Crippen LogP contribution in [0.25, 0.3) is 5.69 Å². The first-order chi connectivity index (χ1) is 14.0. The van der Waals surface area contributed by atoms with E-state index in [1.165, 1.54) is 11.1 Å². The van der Waals surface area contributed by atoms with Crippen LogP contribution < -0.4 is 5.32 Å². The zero-order valence-electron chi connectivity index (χ0n) is 16.9. The van der Waals surface area contributed by atoms with Crippen LogP contribution in [-0.4, -0.2) is 21.5 Å². The Kier molecular flexibility index (Phi) is 5.30. The van der Waals surface area contributed by atoms with Gasteiger partial charge in [-0.05, 0) is 62.4 Å².